The lowest BCUT2D eigenvalue weighted by Gasteiger charge is -2.09. The first kappa shape index (κ1) is 17.5. The van der Waals surface area contributed by atoms with Crippen molar-refractivity contribution in [2.75, 3.05) is 17.6 Å². The van der Waals surface area contributed by atoms with Crippen molar-refractivity contribution in [3.05, 3.63) is 60.6 Å². The Kier molecular flexibility index (Phi) is 5.02. The minimum Gasteiger partial charge on any atom is -0.368 e. The minimum atomic E-state index is 0.669. The Hall–Kier alpha value is -2.93. The summed E-state index contributed by atoms with van der Waals surface area (Å²) in [5, 5.41) is 8.71. The molecule has 7 heteroatoms. The minimum absolute atomic E-state index is 0.669. The molecular weight excluding hydrogens is 356 g/mol. The fourth-order valence-corrected chi connectivity index (χ4v) is 3.53. The second-order valence-electron chi connectivity index (χ2n) is 6.23. The van der Waals surface area contributed by atoms with Crippen LogP contribution in [-0.4, -0.2) is 37.0 Å². The molecule has 27 heavy (non-hydrogen) atoms. The van der Waals surface area contributed by atoms with E-state index < -0.39 is 0 Å². The number of aromatic nitrogens is 5. The molecule has 0 unspecified atom stereocenters. The lowest BCUT2D eigenvalue weighted by atomic mass is 10.2. The van der Waals surface area contributed by atoms with Crippen LogP contribution < -0.4 is 5.32 Å². The molecule has 3 heterocycles. The highest BCUT2D eigenvalue weighted by Gasteiger charge is 2.12. The van der Waals surface area contributed by atoms with E-state index in [-0.39, 0.29) is 0 Å². The zero-order chi connectivity index (χ0) is 18.6. The summed E-state index contributed by atoms with van der Waals surface area (Å²) in [6.45, 7) is 2.90. The van der Waals surface area contributed by atoms with Crippen LogP contribution in [0.4, 0.5) is 5.82 Å². The number of thioether (sulfide) groups is 1. The third-order valence-electron chi connectivity index (χ3n) is 4.21. The largest absolute Gasteiger partial charge is 0.368 e. The zero-order valence-electron chi connectivity index (χ0n) is 15.3. The molecule has 3 aromatic heterocycles. The number of benzene rings is 1. The highest BCUT2D eigenvalue weighted by atomic mass is 32.2. The summed E-state index contributed by atoms with van der Waals surface area (Å²) in [4.78, 5) is 14.7. The predicted octanol–water partition coefficient (Wildman–Crippen LogP) is 3.94. The van der Waals surface area contributed by atoms with Crippen molar-refractivity contribution in [1.29, 1.82) is 0 Å². The number of anilines is 1. The van der Waals surface area contributed by atoms with Gasteiger partial charge in [-0.1, -0.05) is 17.7 Å². The fraction of sp³-hybridized carbons (Fsp3) is 0.200. The molecule has 4 aromatic rings. The quantitative estimate of drug-likeness (QED) is 0.406. The number of nitrogens with one attached hydrogen (secondary N) is 1. The fourth-order valence-electron chi connectivity index (χ4n) is 2.76. The number of nitrogens with zero attached hydrogens (tertiary/aromatic N) is 5. The summed E-state index contributed by atoms with van der Waals surface area (Å²) < 4.78 is 1.77. The Balaban J connectivity index is 1.52. The molecule has 1 aromatic carbocycles. The molecule has 0 saturated carbocycles. The van der Waals surface area contributed by atoms with Crippen molar-refractivity contribution in [2.45, 2.75) is 11.8 Å². The van der Waals surface area contributed by atoms with E-state index in [1.807, 2.05) is 30.9 Å². The normalized spacial score (nSPS) is 11.0. The molecule has 0 aliphatic heterocycles. The summed E-state index contributed by atoms with van der Waals surface area (Å²) in [5.41, 5.74) is 3.02. The first-order valence-electron chi connectivity index (χ1n) is 8.74. The van der Waals surface area contributed by atoms with Gasteiger partial charge in [0.2, 0.25) is 0 Å². The Bertz CT molecular complexity index is 1040. The van der Waals surface area contributed by atoms with Crippen LogP contribution in [0, 0.1) is 6.92 Å². The van der Waals surface area contributed by atoms with Crippen LogP contribution >= 0.6 is 11.8 Å². The molecule has 0 bridgehead atoms. The van der Waals surface area contributed by atoms with Crippen LogP contribution in [0.2, 0.25) is 0 Å². The van der Waals surface area contributed by atoms with Gasteiger partial charge in [0.15, 0.2) is 11.5 Å². The number of aryl methyl sites for hydroxylation is 2. The molecule has 0 aliphatic rings. The highest BCUT2D eigenvalue weighted by Crippen LogP contribution is 2.24. The van der Waals surface area contributed by atoms with Crippen LogP contribution in [0.3, 0.4) is 0 Å². The smallest absolute Gasteiger partial charge is 0.164 e. The van der Waals surface area contributed by atoms with Crippen LogP contribution in [-0.2, 0) is 7.05 Å². The summed E-state index contributed by atoms with van der Waals surface area (Å²) >= 11 is 1.82. The molecule has 4 rings (SSSR count). The van der Waals surface area contributed by atoms with Gasteiger partial charge in [-0.3, -0.25) is 9.67 Å². The van der Waals surface area contributed by atoms with Crippen molar-refractivity contribution in [2.24, 2.45) is 7.05 Å². The van der Waals surface area contributed by atoms with E-state index in [0.717, 1.165) is 34.7 Å². The van der Waals surface area contributed by atoms with Gasteiger partial charge >= 0.3 is 0 Å². The molecule has 136 valence electrons. The maximum Gasteiger partial charge on any atom is 0.164 e. The van der Waals surface area contributed by atoms with Gasteiger partial charge in [0, 0.05) is 42.2 Å². The first-order valence-corrected chi connectivity index (χ1v) is 9.73. The van der Waals surface area contributed by atoms with Gasteiger partial charge in [0.1, 0.15) is 5.82 Å². The number of rotatable bonds is 6. The van der Waals surface area contributed by atoms with Crippen molar-refractivity contribution >= 4 is 28.6 Å². The standard InChI is InChI=1S/C20H20N6S/c1-14-3-5-16(6-4-14)27-12-11-22-19-17-13-23-26(2)20(17)25-18(24-19)15-7-9-21-10-8-15/h3-10,13H,11-12H2,1-2H3,(H,22,24,25). The van der Waals surface area contributed by atoms with Gasteiger partial charge in [-0.15, -0.1) is 11.8 Å². The van der Waals surface area contributed by atoms with Crippen LogP contribution in [0.1, 0.15) is 5.56 Å². The molecular formula is C20H20N6S. The summed E-state index contributed by atoms with van der Waals surface area (Å²) in [7, 11) is 1.89. The van der Waals surface area contributed by atoms with Gasteiger partial charge in [0.05, 0.1) is 11.6 Å². The van der Waals surface area contributed by atoms with Crippen LogP contribution in [0.25, 0.3) is 22.4 Å². The molecule has 0 spiro atoms. The molecule has 0 saturated heterocycles. The first-order chi connectivity index (χ1) is 13.2. The number of hydrogen-bond acceptors (Lipinski definition) is 6. The molecule has 6 nitrogen and oxygen atoms in total. The van der Waals surface area contributed by atoms with E-state index in [1.54, 1.807) is 23.3 Å². The van der Waals surface area contributed by atoms with E-state index in [2.05, 4.69) is 51.6 Å². The maximum absolute atomic E-state index is 4.73. The average Bonchev–Trinajstić information content (AvgIpc) is 3.08. The van der Waals surface area contributed by atoms with E-state index in [4.69, 9.17) is 4.98 Å². The highest BCUT2D eigenvalue weighted by molar-refractivity contribution is 7.99. The van der Waals surface area contributed by atoms with Gasteiger partial charge in [-0.2, -0.15) is 5.10 Å². The van der Waals surface area contributed by atoms with Gasteiger partial charge in [-0.05, 0) is 31.2 Å². The molecule has 0 amide bonds. The van der Waals surface area contributed by atoms with Gasteiger partial charge in [0.25, 0.3) is 0 Å². The third kappa shape index (κ3) is 3.93. The van der Waals surface area contributed by atoms with Crippen LogP contribution in [0.5, 0.6) is 0 Å². The van der Waals surface area contributed by atoms with Crippen molar-refractivity contribution in [3.8, 4) is 11.4 Å². The van der Waals surface area contributed by atoms with Crippen molar-refractivity contribution < 1.29 is 0 Å². The lowest BCUT2D eigenvalue weighted by Crippen LogP contribution is -2.08. The summed E-state index contributed by atoms with van der Waals surface area (Å²) in [6, 6.07) is 12.4. The zero-order valence-corrected chi connectivity index (χ0v) is 16.1. The Morgan fingerprint density at radius 3 is 2.59 bits per heavy atom. The Morgan fingerprint density at radius 2 is 1.81 bits per heavy atom. The van der Waals surface area contributed by atoms with E-state index in [1.165, 1.54) is 10.5 Å². The van der Waals surface area contributed by atoms with E-state index in [9.17, 15) is 0 Å². The third-order valence-corrected chi connectivity index (χ3v) is 5.23. The predicted molar refractivity (Wildman–Crippen MR) is 110 cm³/mol. The van der Waals surface area contributed by atoms with E-state index >= 15 is 0 Å². The molecule has 0 aliphatic carbocycles. The molecule has 0 radical (unpaired) electrons. The van der Waals surface area contributed by atoms with E-state index in [0.29, 0.717) is 5.82 Å². The number of fused-ring (bicyclic) bond motifs is 1. The topological polar surface area (TPSA) is 68.5 Å². The van der Waals surface area contributed by atoms with Crippen LogP contribution in [0.15, 0.2) is 59.9 Å². The number of pyridine rings is 1. The SMILES string of the molecule is Cc1ccc(SCCNc2nc(-c3ccncc3)nc3c2cnn3C)cc1. The number of hydrogen-bond donors (Lipinski definition) is 1. The monoisotopic (exact) mass is 376 g/mol. The molecule has 0 fully saturated rings. The molecule has 1 N–H and O–H groups in total. The lowest BCUT2D eigenvalue weighted by molar-refractivity contribution is 0.786. The van der Waals surface area contributed by atoms with Gasteiger partial charge < -0.3 is 5.32 Å². The average molecular weight is 376 g/mol. The summed E-state index contributed by atoms with van der Waals surface area (Å²) in [6.07, 6.45) is 5.30. The van der Waals surface area contributed by atoms with Crippen molar-refractivity contribution in [3.63, 3.8) is 0 Å². The summed E-state index contributed by atoms with van der Waals surface area (Å²) in [5.74, 6) is 2.42. The van der Waals surface area contributed by atoms with Gasteiger partial charge in [-0.25, -0.2) is 9.97 Å². The second-order valence-corrected chi connectivity index (χ2v) is 7.39. The molecule has 0 atom stereocenters. The Labute approximate surface area is 162 Å². The van der Waals surface area contributed by atoms with Crippen molar-refractivity contribution in [1.82, 2.24) is 24.7 Å². The Morgan fingerprint density at radius 1 is 1.04 bits per heavy atom. The maximum atomic E-state index is 4.73. The second kappa shape index (κ2) is 7.75.